The zero-order valence-corrected chi connectivity index (χ0v) is 18.5. The summed E-state index contributed by atoms with van der Waals surface area (Å²) in [6.45, 7) is 10.1. The highest BCUT2D eigenvalue weighted by Gasteiger charge is 2.24. The molecule has 0 aromatic heterocycles. The van der Waals surface area contributed by atoms with E-state index in [1.807, 2.05) is 39.0 Å². The molecule has 2 aromatic rings. The second kappa shape index (κ2) is 9.07. The number of amides is 1. The Morgan fingerprint density at radius 2 is 1.75 bits per heavy atom. The molecule has 0 aliphatic carbocycles. The number of nitrogens with zero attached hydrogens (tertiary/aromatic N) is 1. The summed E-state index contributed by atoms with van der Waals surface area (Å²) in [4.78, 5) is 12.9. The smallest absolute Gasteiger partial charge is 0.253 e. The summed E-state index contributed by atoms with van der Waals surface area (Å²) >= 11 is 6.21. The van der Waals surface area contributed by atoms with Gasteiger partial charge in [-0.1, -0.05) is 49.2 Å². The van der Waals surface area contributed by atoms with E-state index in [1.54, 1.807) is 13.8 Å². The van der Waals surface area contributed by atoms with E-state index >= 15 is 0 Å². The van der Waals surface area contributed by atoms with Gasteiger partial charge in [0, 0.05) is 13.1 Å². The topological polar surface area (TPSA) is 66.5 Å². The highest BCUT2D eigenvalue weighted by Crippen LogP contribution is 2.25. The number of carbonyl (C=O) groups excluding carboxylic acids is 1. The molecule has 0 aliphatic rings. The fourth-order valence-corrected chi connectivity index (χ4v) is 4.82. The first-order chi connectivity index (χ1) is 13.1. The highest BCUT2D eigenvalue weighted by molar-refractivity contribution is 7.89. The van der Waals surface area contributed by atoms with Crippen molar-refractivity contribution in [2.75, 3.05) is 13.1 Å². The van der Waals surface area contributed by atoms with Crippen molar-refractivity contribution in [3.05, 3.63) is 63.7 Å². The molecule has 2 aromatic carbocycles. The fraction of sp³-hybridized carbons (Fsp3) is 0.381. The molecule has 1 atom stereocenters. The van der Waals surface area contributed by atoms with Crippen LogP contribution in [-0.2, 0) is 10.0 Å². The Bertz CT molecular complexity index is 970. The molecule has 1 amide bonds. The number of benzene rings is 2. The van der Waals surface area contributed by atoms with Crippen molar-refractivity contribution in [2.24, 2.45) is 0 Å². The van der Waals surface area contributed by atoms with Crippen LogP contribution in [0.1, 0.15) is 53.9 Å². The minimum atomic E-state index is -3.67. The maximum atomic E-state index is 12.8. The maximum Gasteiger partial charge on any atom is 0.253 e. The molecule has 0 spiro atoms. The van der Waals surface area contributed by atoms with Crippen molar-refractivity contribution < 1.29 is 13.2 Å². The molecule has 0 heterocycles. The van der Waals surface area contributed by atoms with E-state index in [4.69, 9.17) is 11.6 Å². The third-order valence-electron chi connectivity index (χ3n) is 4.77. The number of aryl methyl sites for hydroxylation is 2. The monoisotopic (exact) mass is 422 g/mol. The summed E-state index contributed by atoms with van der Waals surface area (Å²) < 4.78 is 26.9. The molecule has 0 radical (unpaired) electrons. The molecule has 0 fully saturated rings. The maximum absolute atomic E-state index is 12.8. The molecule has 152 valence electrons. The van der Waals surface area contributed by atoms with Gasteiger partial charge in [0.25, 0.3) is 5.91 Å². The van der Waals surface area contributed by atoms with Gasteiger partial charge in [-0.3, -0.25) is 4.79 Å². The molecule has 2 rings (SSSR count). The largest absolute Gasteiger partial charge is 0.345 e. The lowest BCUT2D eigenvalue weighted by atomic mass is 10.00. The van der Waals surface area contributed by atoms with Crippen LogP contribution in [0.25, 0.3) is 0 Å². The zero-order chi connectivity index (χ0) is 21.1. The van der Waals surface area contributed by atoms with E-state index in [9.17, 15) is 13.2 Å². The summed E-state index contributed by atoms with van der Waals surface area (Å²) in [5.74, 6) is -0.407. The van der Waals surface area contributed by atoms with Crippen LogP contribution >= 0.6 is 11.6 Å². The van der Waals surface area contributed by atoms with Gasteiger partial charge in [0.05, 0.1) is 21.5 Å². The van der Waals surface area contributed by atoms with Crippen LogP contribution in [0.3, 0.4) is 0 Å². The van der Waals surface area contributed by atoms with E-state index in [1.165, 1.54) is 22.5 Å². The van der Waals surface area contributed by atoms with Gasteiger partial charge in [0.15, 0.2) is 0 Å². The zero-order valence-electron chi connectivity index (χ0n) is 16.9. The standard InChI is InChI=1S/C21H27ClN2O3S/c1-6-24(7-2)28(26,27)17-10-11-20(22)19(13-17)21(25)23-16(5)18-12-14(3)8-9-15(18)4/h8-13,16H,6-7H2,1-5H3,(H,23,25). The van der Waals surface area contributed by atoms with Gasteiger partial charge in [-0.15, -0.1) is 0 Å². The first kappa shape index (κ1) is 22.4. The van der Waals surface area contributed by atoms with E-state index in [0.717, 1.165) is 16.7 Å². The average Bonchev–Trinajstić information content (AvgIpc) is 2.64. The third-order valence-corrected chi connectivity index (χ3v) is 7.15. The Kier molecular flexibility index (Phi) is 7.26. The van der Waals surface area contributed by atoms with Crippen molar-refractivity contribution in [2.45, 2.75) is 45.6 Å². The van der Waals surface area contributed by atoms with Gasteiger partial charge in [-0.25, -0.2) is 8.42 Å². The van der Waals surface area contributed by atoms with E-state index in [2.05, 4.69) is 5.32 Å². The Balaban J connectivity index is 2.34. The Morgan fingerprint density at radius 1 is 1.11 bits per heavy atom. The molecule has 0 saturated heterocycles. The Labute approximate surface area is 172 Å². The first-order valence-electron chi connectivity index (χ1n) is 9.29. The second-order valence-electron chi connectivity index (χ2n) is 6.79. The SMILES string of the molecule is CCN(CC)S(=O)(=O)c1ccc(Cl)c(C(=O)NC(C)c2cc(C)ccc2C)c1. The fourth-order valence-electron chi connectivity index (χ4n) is 3.13. The van der Waals surface area contributed by atoms with E-state index in [0.29, 0.717) is 13.1 Å². The number of hydrogen-bond acceptors (Lipinski definition) is 3. The van der Waals surface area contributed by atoms with Crippen molar-refractivity contribution >= 4 is 27.5 Å². The van der Waals surface area contributed by atoms with Gasteiger partial charge in [-0.05, 0) is 50.1 Å². The van der Waals surface area contributed by atoms with E-state index < -0.39 is 15.9 Å². The van der Waals surface area contributed by atoms with Gasteiger partial charge in [0.1, 0.15) is 0 Å². The predicted octanol–water partition coefficient (Wildman–Crippen LogP) is 4.48. The highest BCUT2D eigenvalue weighted by atomic mass is 35.5. The normalized spacial score (nSPS) is 12.8. The number of rotatable bonds is 7. The molecular weight excluding hydrogens is 396 g/mol. The molecule has 1 unspecified atom stereocenters. The van der Waals surface area contributed by atoms with E-state index in [-0.39, 0.29) is 21.5 Å². The summed E-state index contributed by atoms with van der Waals surface area (Å²) in [6, 6.07) is 10.1. The molecule has 7 heteroatoms. The average molecular weight is 423 g/mol. The molecule has 1 N–H and O–H groups in total. The molecule has 0 bridgehead atoms. The van der Waals surface area contributed by atoms with Crippen molar-refractivity contribution in [3.8, 4) is 0 Å². The van der Waals surface area contributed by atoms with Crippen LogP contribution in [0.2, 0.25) is 5.02 Å². The van der Waals surface area contributed by atoms with Crippen LogP contribution in [0, 0.1) is 13.8 Å². The van der Waals surface area contributed by atoms with Crippen molar-refractivity contribution in [3.63, 3.8) is 0 Å². The second-order valence-corrected chi connectivity index (χ2v) is 9.13. The number of nitrogens with one attached hydrogen (secondary N) is 1. The van der Waals surface area contributed by atoms with Crippen LogP contribution in [0.4, 0.5) is 0 Å². The van der Waals surface area contributed by atoms with Crippen LogP contribution in [0.5, 0.6) is 0 Å². The minimum absolute atomic E-state index is 0.0603. The molecular formula is C21H27ClN2O3S. The van der Waals surface area contributed by atoms with Gasteiger partial charge in [-0.2, -0.15) is 4.31 Å². The molecule has 28 heavy (non-hydrogen) atoms. The number of halogens is 1. The summed E-state index contributed by atoms with van der Waals surface area (Å²) in [5.41, 5.74) is 3.33. The summed E-state index contributed by atoms with van der Waals surface area (Å²) in [6.07, 6.45) is 0. The predicted molar refractivity (Wildman–Crippen MR) is 113 cm³/mol. The molecule has 0 saturated carbocycles. The van der Waals surface area contributed by atoms with Crippen molar-refractivity contribution in [1.82, 2.24) is 9.62 Å². The van der Waals surface area contributed by atoms with Gasteiger partial charge >= 0.3 is 0 Å². The summed E-state index contributed by atoms with van der Waals surface area (Å²) in [7, 11) is -3.67. The third kappa shape index (κ3) is 4.74. The summed E-state index contributed by atoms with van der Waals surface area (Å²) in [5, 5.41) is 3.14. The van der Waals surface area contributed by atoms with Crippen LogP contribution in [-0.4, -0.2) is 31.7 Å². The number of sulfonamides is 1. The van der Waals surface area contributed by atoms with Crippen LogP contribution in [0.15, 0.2) is 41.3 Å². The lowest BCUT2D eigenvalue weighted by molar-refractivity contribution is 0.0939. The van der Waals surface area contributed by atoms with Gasteiger partial charge in [0.2, 0.25) is 10.0 Å². The molecule has 0 aliphatic heterocycles. The number of hydrogen-bond donors (Lipinski definition) is 1. The van der Waals surface area contributed by atoms with Gasteiger partial charge < -0.3 is 5.32 Å². The lowest BCUT2D eigenvalue weighted by Gasteiger charge is -2.20. The molecule has 5 nitrogen and oxygen atoms in total. The quantitative estimate of drug-likeness (QED) is 0.715. The first-order valence-corrected chi connectivity index (χ1v) is 11.1. The Morgan fingerprint density at radius 3 is 2.36 bits per heavy atom. The van der Waals surface area contributed by atoms with Crippen LogP contribution < -0.4 is 5.32 Å². The minimum Gasteiger partial charge on any atom is -0.345 e. The van der Waals surface area contributed by atoms with Crippen molar-refractivity contribution in [1.29, 1.82) is 0 Å². The Hall–Kier alpha value is -1.89. The number of carbonyl (C=O) groups is 1. The lowest BCUT2D eigenvalue weighted by Crippen LogP contribution is -2.31.